The molecule has 5 nitrogen and oxygen atoms in total. The van der Waals surface area contributed by atoms with Crippen molar-refractivity contribution in [2.24, 2.45) is 0 Å². The molecule has 4 rings (SSSR count). The first kappa shape index (κ1) is 19.2. The van der Waals surface area contributed by atoms with Crippen LogP contribution in [-0.4, -0.2) is 23.8 Å². The summed E-state index contributed by atoms with van der Waals surface area (Å²) in [6.07, 6.45) is -0.762. The average molecular weight is 452 g/mol. The fourth-order valence-corrected chi connectivity index (χ4v) is 3.97. The molecule has 29 heavy (non-hydrogen) atoms. The lowest BCUT2D eigenvalue weighted by Crippen LogP contribution is -2.34. The lowest BCUT2D eigenvalue weighted by Gasteiger charge is -2.17. The second-order valence-electron chi connectivity index (χ2n) is 6.79. The first-order valence-corrected chi connectivity index (χ1v) is 9.93. The van der Waals surface area contributed by atoms with E-state index >= 15 is 0 Å². The number of nitrogens with one attached hydrogen (secondary N) is 1. The summed E-state index contributed by atoms with van der Waals surface area (Å²) in [7, 11) is 0. The number of aliphatic carboxylic acids is 1. The van der Waals surface area contributed by atoms with Gasteiger partial charge >= 0.3 is 12.1 Å². The van der Waals surface area contributed by atoms with Gasteiger partial charge in [0.1, 0.15) is 6.61 Å². The molecule has 0 aromatic heterocycles. The third kappa shape index (κ3) is 3.89. The Morgan fingerprint density at radius 1 is 0.931 bits per heavy atom. The van der Waals surface area contributed by atoms with E-state index in [-0.39, 0.29) is 12.5 Å². The number of alkyl carbamates (subject to hydrolysis) is 1. The van der Waals surface area contributed by atoms with Crippen LogP contribution in [0.5, 0.6) is 0 Å². The number of carboxylic acids is 1. The van der Waals surface area contributed by atoms with Gasteiger partial charge in [0.15, 0.2) is 6.04 Å². The number of carbonyl (C=O) groups is 2. The zero-order valence-electron chi connectivity index (χ0n) is 15.3. The maximum absolute atomic E-state index is 12.4. The van der Waals surface area contributed by atoms with E-state index in [1.54, 1.807) is 24.3 Å². The van der Waals surface area contributed by atoms with Crippen molar-refractivity contribution in [3.05, 3.63) is 94.0 Å². The highest BCUT2D eigenvalue weighted by Crippen LogP contribution is 2.44. The van der Waals surface area contributed by atoms with E-state index in [1.165, 1.54) is 0 Å². The minimum absolute atomic E-state index is 0.0795. The monoisotopic (exact) mass is 451 g/mol. The van der Waals surface area contributed by atoms with E-state index in [1.807, 2.05) is 36.4 Å². The maximum atomic E-state index is 12.4. The first-order valence-electron chi connectivity index (χ1n) is 9.14. The SMILES string of the molecule is O=C(N[C@H](C(=O)O)c1ccc(Br)cc1)OCC1c2ccccc2-c2ccccc21. The highest BCUT2D eigenvalue weighted by molar-refractivity contribution is 9.10. The average Bonchev–Trinajstić information content (AvgIpc) is 3.05. The van der Waals surface area contributed by atoms with Gasteiger partial charge in [-0.15, -0.1) is 0 Å². The Hall–Kier alpha value is -3.12. The Bertz CT molecular complexity index is 1020. The van der Waals surface area contributed by atoms with Crippen molar-refractivity contribution in [3.8, 4) is 11.1 Å². The number of rotatable bonds is 5. The van der Waals surface area contributed by atoms with Crippen LogP contribution in [0.2, 0.25) is 0 Å². The van der Waals surface area contributed by atoms with Crippen molar-refractivity contribution in [2.45, 2.75) is 12.0 Å². The van der Waals surface area contributed by atoms with Crippen molar-refractivity contribution in [2.75, 3.05) is 6.61 Å². The van der Waals surface area contributed by atoms with E-state index in [2.05, 4.69) is 33.4 Å². The Balaban J connectivity index is 1.48. The number of hydrogen-bond acceptors (Lipinski definition) is 3. The van der Waals surface area contributed by atoms with Crippen molar-refractivity contribution < 1.29 is 19.4 Å². The van der Waals surface area contributed by atoms with Crippen LogP contribution in [0.1, 0.15) is 28.7 Å². The van der Waals surface area contributed by atoms with Gasteiger partial charge in [-0.2, -0.15) is 0 Å². The third-order valence-corrected chi connectivity index (χ3v) is 5.58. The van der Waals surface area contributed by atoms with Gasteiger partial charge in [0.2, 0.25) is 0 Å². The van der Waals surface area contributed by atoms with Crippen LogP contribution in [0, 0.1) is 0 Å². The van der Waals surface area contributed by atoms with Crippen molar-refractivity contribution in [1.29, 1.82) is 0 Å². The summed E-state index contributed by atoms with van der Waals surface area (Å²) in [6, 6.07) is 21.6. The summed E-state index contributed by atoms with van der Waals surface area (Å²) >= 11 is 3.31. The number of hydrogen-bond donors (Lipinski definition) is 2. The number of carboxylic acid groups (broad SMARTS) is 1. The Kier molecular flexibility index (Phi) is 5.36. The molecule has 0 unspecified atom stereocenters. The molecule has 1 amide bonds. The van der Waals surface area contributed by atoms with Gasteiger partial charge in [0.05, 0.1) is 0 Å². The lowest BCUT2D eigenvalue weighted by atomic mass is 9.98. The highest BCUT2D eigenvalue weighted by atomic mass is 79.9. The summed E-state index contributed by atoms with van der Waals surface area (Å²) in [5, 5.41) is 12.0. The van der Waals surface area contributed by atoms with Crippen LogP contribution in [0.15, 0.2) is 77.3 Å². The third-order valence-electron chi connectivity index (χ3n) is 5.06. The maximum Gasteiger partial charge on any atom is 0.408 e. The second-order valence-corrected chi connectivity index (χ2v) is 7.71. The molecule has 0 fully saturated rings. The largest absolute Gasteiger partial charge is 0.479 e. The van der Waals surface area contributed by atoms with E-state index in [4.69, 9.17) is 4.74 Å². The Morgan fingerprint density at radius 2 is 1.48 bits per heavy atom. The quantitative estimate of drug-likeness (QED) is 0.564. The van der Waals surface area contributed by atoms with Crippen molar-refractivity contribution in [1.82, 2.24) is 5.32 Å². The molecule has 3 aromatic rings. The molecule has 6 heteroatoms. The fraction of sp³-hybridized carbons (Fsp3) is 0.130. The molecule has 1 aliphatic carbocycles. The molecule has 0 saturated heterocycles. The molecule has 0 heterocycles. The minimum atomic E-state index is -1.18. The van der Waals surface area contributed by atoms with Gasteiger partial charge < -0.3 is 15.2 Å². The minimum Gasteiger partial charge on any atom is -0.479 e. The molecule has 1 atom stereocenters. The van der Waals surface area contributed by atoms with Crippen LogP contribution >= 0.6 is 15.9 Å². The Morgan fingerprint density at radius 3 is 2.03 bits per heavy atom. The Labute approximate surface area is 176 Å². The summed E-state index contributed by atoms with van der Waals surface area (Å²) in [6.45, 7) is 0.131. The number of amides is 1. The molecule has 0 saturated carbocycles. The molecular formula is C23H18BrNO4. The number of fused-ring (bicyclic) bond motifs is 3. The number of halogens is 1. The topological polar surface area (TPSA) is 75.6 Å². The van der Waals surface area contributed by atoms with E-state index < -0.39 is 18.1 Å². The van der Waals surface area contributed by atoms with Crippen LogP contribution in [0.25, 0.3) is 11.1 Å². The van der Waals surface area contributed by atoms with Gasteiger partial charge in [-0.1, -0.05) is 76.6 Å². The summed E-state index contributed by atoms with van der Waals surface area (Å²) in [4.78, 5) is 24.0. The molecule has 0 spiro atoms. The number of benzene rings is 3. The van der Waals surface area contributed by atoms with Gasteiger partial charge in [0, 0.05) is 10.4 Å². The molecule has 2 N–H and O–H groups in total. The lowest BCUT2D eigenvalue weighted by molar-refractivity contribution is -0.139. The number of carbonyl (C=O) groups excluding carboxylic acids is 1. The molecule has 0 bridgehead atoms. The normalized spacial score (nSPS) is 13.3. The smallest absolute Gasteiger partial charge is 0.408 e. The van der Waals surface area contributed by atoms with Gasteiger partial charge in [-0.05, 0) is 39.9 Å². The summed E-state index contributed by atoms with van der Waals surface area (Å²) in [5.41, 5.74) is 4.94. The standard InChI is InChI=1S/C23H18BrNO4/c24-15-11-9-14(10-12-15)21(22(26)27)25-23(28)29-13-20-18-7-3-1-5-16(18)17-6-2-4-8-19(17)20/h1-12,20-21H,13H2,(H,25,28)(H,26,27)/t21-/m0/s1. The van der Waals surface area contributed by atoms with E-state index in [9.17, 15) is 14.7 Å². The van der Waals surface area contributed by atoms with Crippen LogP contribution < -0.4 is 5.32 Å². The first-order chi connectivity index (χ1) is 14.0. The molecule has 3 aromatic carbocycles. The molecular weight excluding hydrogens is 434 g/mol. The predicted molar refractivity (Wildman–Crippen MR) is 113 cm³/mol. The van der Waals surface area contributed by atoms with Crippen LogP contribution in [-0.2, 0) is 9.53 Å². The van der Waals surface area contributed by atoms with E-state index in [0.29, 0.717) is 5.56 Å². The summed E-state index contributed by atoms with van der Waals surface area (Å²) < 4.78 is 6.27. The van der Waals surface area contributed by atoms with Crippen molar-refractivity contribution >= 4 is 28.0 Å². The highest BCUT2D eigenvalue weighted by Gasteiger charge is 2.30. The molecule has 0 radical (unpaired) electrons. The number of ether oxygens (including phenoxy) is 1. The van der Waals surface area contributed by atoms with Gasteiger partial charge in [-0.3, -0.25) is 0 Å². The van der Waals surface area contributed by atoms with Crippen molar-refractivity contribution in [3.63, 3.8) is 0 Å². The summed E-state index contributed by atoms with van der Waals surface area (Å²) in [5.74, 6) is -1.23. The van der Waals surface area contributed by atoms with Gasteiger partial charge in [0.25, 0.3) is 0 Å². The molecule has 146 valence electrons. The van der Waals surface area contributed by atoms with Crippen LogP contribution in [0.3, 0.4) is 0 Å². The molecule has 0 aliphatic heterocycles. The van der Waals surface area contributed by atoms with Gasteiger partial charge in [-0.25, -0.2) is 9.59 Å². The van der Waals surface area contributed by atoms with Crippen LogP contribution in [0.4, 0.5) is 4.79 Å². The zero-order chi connectivity index (χ0) is 20.4. The zero-order valence-corrected chi connectivity index (χ0v) is 16.9. The predicted octanol–water partition coefficient (Wildman–Crippen LogP) is 5.11. The second kappa shape index (κ2) is 8.09. The molecule has 1 aliphatic rings. The fourth-order valence-electron chi connectivity index (χ4n) is 3.70. The van der Waals surface area contributed by atoms with E-state index in [0.717, 1.165) is 26.7 Å².